The molecule has 0 saturated carbocycles. The van der Waals surface area contributed by atoms with Crippen LogP contribution in [0.2, 0.25) is 0 Å². The molecule has 1 saturated heterocycles. The third kappa shape index (κ3) is 1.97. The molecule has 1 fully saturated rings. The van der Waals surface area contributed by atoms with Crippen LogP contribution in [0.15, 0.2) is 10.5 Å². The first kappa shape index (κ1) is 11.5. The summed E-state index contributed by atoms with van der Waals surface area (Å²) in [5, 5.41) is 22.9. The summed E-state index contributed by atoms with van der Waals surface area (Å²) in [5.41, 5.74) is 1.54. The van der Waals surface area contributed by atoms with Gasteiger partial charge in [-0.15, -0.1) is 0 Å². The van der Waals surface area contributed by atoms with E-state index in [1.165, 1.54) is 0 Å². The molecule has 0 atom stereocenters. The first-order chi connectivity index (χ1) is 7.61. The summed E-state index contributed by atoms with van der Waals surface area (Å²) in [6.07, 6.45) is 0. The Kier molecular flexibility index (Phi) is 3.25. The molecule has 0 radical (unpaired) electrons. The average molecular weight is 287 g/mol. The number of aryl methyl sites for hydroxylation is 1. The number of phenolic OH excluding ortho intramolecular Hbond substituents is 2. The highest BCUT2D eigenvalue weighted by Crippen LogP contribution is 2.42. The number of halogens is 1. The van der Waals surface area contributed by atoms with E-state index in [0.29, 0.717) is 4.47 Å². The summed E-state index contributed by atoms with van der Waals surface area (Å²) in [5.74, 6) is 0.224. The number of anilines is 1. The molecule has 88 valence electrons. The molecule has 1 heterocycles. The summed E-state index contributed by atoms with van der Waals surface area (Å²) >= 11 is 3.21. The smallest absolute Gasteiger partial charge is 0.156 e. The van der Waals surface area contributed by atoms with Crippen molar-refractivity contribution in [1.82, 2.24) is 5.32 Å². The molecule has 1 aromatic carbocycles. The van der Waals surface area contributed by atoms with Gasteiger partial charge in [0.2, 0.25) is 0 Å². The van der Waals surface area contributed by atoms with Gasteiger partial charge in [-0.3, -0.25) is 0 Å². The maximum Gasteiger partial charge on any atom is 0.156 e. The number of aromatic hydroxyl groups is 2. The minimum Gasteiger partial charge on any atom is -0.506 e. The summed E-state index contributed by atoms with van der Waals surface area (Å²) < 4.78 is 0.376. The highest BCUT2D eigenvalue weighted by molar-refractivity contribution is 9.10. The van der Waals surface area contributed by atoms with Crippen LogP contribution >= 0.6 is 15.9 Å². The van der Waals surface area contributed by atoms with Gasteiger partial charge in [0.25, 0.3) is 0 Å². The molecule has 1 aliphatic rings. The van der Waals surface area contributed by atoms with Crippen molar-refractivity contribution >= 4 is 21.6 Å². The van der Waals surface area contributed by atoms with Gasteiger partial charge in [-0.05, 0) is 34.5 Å². The van der Waals surface area contributed by atoms with Gasteiger partial charge >= 0.3 is 0 Å². The topological polar surface area (TPSA) is 55.7 Å². The molecule has 0 amide bonds. The molecule has 1 aromatic rings. The molecular weight excluding hydrogens is 272 g/mol. The quantitative estimate of drug-likeness (QED) is 0.734. The number of nitrogens with one attached hydrogen (secondary N) is 1. The molecule has 4 nitrogen and oxygen atoms in total. The maximum atomic E-state index is 9.99. The van der Waals surface area contributed by atoms with Crippen LogP contribution in [0, 0.1) is 6.92 Å². The first-order valence-electron chi connectivity index (χ1n) is 5.28. The predicted molar refractivity (Wildman–Crippen MR) is 67.3 cm³/mol. The summed E-state index contributed by atoms with van der Waals surface area (Å²) in [4.78, 5) is 2.11. The van der Waals surface area contributed by atoms with Crippen molar-refractivity contribution in [2.75, 3.05) is 31.1 Å². The van der Waals surface area contributed by atoms with Crippen molar-refractivity contribution < 1.29 is 10.2 Å². The van der Waals surface area contributed by atoms with Gasteiger partial charge < -0.3 is 20.4 Å². The molecule has 0 unspecified atom stereocenters. The fourth-order valence-corrected chi connectivity index (χ4v) is 2.40. The van der Waals surface area contributed by atoms with E-state index in [1.807, 2.05) is 13.0 Å². The molecule has 0 spiro atoms. The molecule has 1 aliphatic heterocycles. The second kappa shape index (κ2) is 4.51. The van der Waals surface area contributed by atoms with Crippen molar-refractivity contribution in [3.63, 3.8) is 0 Å². The van der Waals surface area contributed by atoms with E-state index in [4.69, 9.17) is 0 Å². The van der Waals surface area contributed by atoms with Crippen molar-refractivity contribution in [1.29, 1.82) is 0 Å². The highest BCUT2D eigenvalue weighted by Gasteiger charge is 2.19. The van der Waals surface area contributed by atoms with Crippen LogP contribution < -0.4 is 10.2 Å². The van der Waals surface area contributed by atoms with E-state index in [2.05, 4.69) is 26.1 Å². The molecule has 2 rings (SSSR count). The van der Waals surface area contributed by atoms with E-state index in [1.54, 1.807) is 0 Å². The molecule has 0 aliphatic carbocycles. The fraction of sp³-hybridized carbons (Fsp3) is 0.455. The largest absolute Gasteiger partial charge is 0.506 e. The molecule has 0 aromatic heterocycles. The second-order valence-corrected chi connectivity index (χ2v) is 4.75. The van der Waals surface area contributed by atoms with Crippen LogP contribution in [0.5, 0.6) is 11.5 Å². The minimum absolute atomic E-state index is 0.108. The monoisotopic (exact) mass is 286 g/mol. The normalized spacial score (nSPS) is 16.5. The van der Waals surface area contributed by atoms with Crippen molar-refractivity contribution in [2.24, 2.45) is 0 Å². The zero-order chi connectivity index (χ0) is 11.7. The molecular formula is C11H15BrN2O2. The van der Waals surface area contributed by atoms with E-state index in [0.717, 1.165) is 37.4 Å². The Morgan fingerprint density at radius 2 is 1.88 bits per heavy atom. The molecule has 16 heavy (non-hydrogen) atoms. The number of nitrogens with zero attached hydrogens (tertiary/aromatic N) is 1. The zero-order valence-corrected chi connectivity index (χ0v) is 10.7. The SMILES string of the molecule is Cc1cc(N2CCNCC2)c(O)c(Br)c1O. The van der Waals surface area contributed by atoms with Crippen LogP contribution in [0.4, 0.5) is 5.69 Å². The summed E-state index contributed by atoms with van der Waals surface area (Å²) in [6, 6.07) is 1.82. The van der Waals surface area contributed by atoms with Crippen LogP contribution in [-0.4, -0.2) is 36.4 Å². The maximum absolute atomic E-state index is 9.99. The third-order valence-electron chi connectivity index (χ3n) is 2.84. The summed E-state index contributed by atoms with van der Waals surface area (Å²) in [6.45, 7) is 5.38. The second-order valence-electron chi connectivity index (χ2n) is 3.96. The van der Waals surface area contributed by atoms with Gasteiger partial charge in [0, 0.05) is 26.2 Å². The molecule has 0 bridgehead atoms. The van der Waals surface area contributed by atoms with Crippen LogP contribution in [-0.2, 0) is 0 Å². The standard InChI is InChI=1S/C11H15BrN2O2/c1-7-6-8(11(16)9(12)10(7)15)14-4-2-13-3-5-14/h6,13,15-16H,2-5H2,1H3. The fourth-order valence-electron chi connectivity index (χ4n) is 1.89. The Hall–Kier alpha value is -0.940. The lowest BCUT2D eigenvalue weighted by Gasteiger charge is -2.30. The Labute approximate surface area is 103 Å². The van der Waals surface area contributed by atoms with E-state index < -0.39 is 0 Å². The Bertz CT molecular complexity index is 403. The van der Waals surface area contributed by atoms with Crippen LogP contribution in [0.3, 0.4) is 0 Å². The number of phenols is 2. The molecule has 5 heteroatoms. The third-order valence-corrected chi connectivity index (χ3v) is 3.59. The Balaban J connectivity index is 2.40. The average Bonchev–Trinajstić information content (AvgIpc) is 2.32. The van der Waals surface area contributed by atoms with Crippen LogP contribution in [0.1, 0.15) is 5.56 Å². The van der Waals surface area contributed by atoms with Gasteiger partial charge in [0.15, 0.2) is 5.75 Å². The number of rotatable bonds is 1. The first-order valence-corrected chi connectivity index (χ1v) is 6.07. The lowest BCUT2D eigenvalue weighted by Crippen LogP contribution is -2.43. The number of hydrogen-bond donors (Lipinski definition) is 3. The number of piperazine rings is 1. The van der Waals surface area contributed by atoms with Gasteiger partial charge in [-0.1, -0.05) is 0 Å². The van der Waals surface area contributed by atoms with Gasteiger partial charge in [-0.2, -0.15) is 0 Å². The zero-order valence-electron chi connectivity index (χ0n) is 9.13. The van der Waals surface area contributed by atoms with Crippen molar-refractivity contribution in [2.45, 2.75) is 6.92 Å². The van der Waals surface area contributed by atoms with Crippen LogP contribution in [0.25, 0.3) is 0 Å². The lowest BCUT2D eigenvalue weighted by molar-refractivity contribution is 0.439. The van der Waals surface area contributed by atoms with Gasteiger partial charge in [0.1, 0.15) is 10.2 Å². The lowest BCUT2D eigenvalue weighted by atomic mass is 10.1. The molecule has 3 N–H and O–H groups in total. The summed E-state index contributed by atoms with van der Waals surface area (Å²) in [7, 11) is 0. The van der Waals surface area contributed by atoms with Gasteiger partial charge in [-0.25, -0.2) is 0 Å². The Morgan fingerprint density at radius 1 is 1.25 bits per heavy atom. The number of hydrogen-bond acceptors (Lipinski definition) is 4. The minimum atomic E-state index is 0.108. The number of benzene rings is 1. The van der Waals surface area contributed by atoms with Crippen molar-refractivity contribution in [3.05, 3.63) is 16.1 Å². The van der Waals surface area contributed by atoms with E-state index in [-0.39, 0.29) is 11.5 Å². The Morgan fingerprint density at radius 3 is 2.50 bits per heavy atom. The predicted octanol–water partition coefficient (Wildman–Crippen LogP) is 1.58. The highest BCUT2D eigenvalue weighted by atomic mass is 79.9. The van der Waals surface area contributed by atoms with E-state index in [9.17, 15) is 10.2 Å². The van der Waals surface area contributed by atoms with Crippen molar-refractivity contribution in [3.8, 4) is 11.5 Å². The van der Waals surface area contributed by atoms with Gasteiger partial charge in [0.05, 0.1) is 5.69 Å². The van der Waals surface area contributed by atoms with E-state index >= 15 is 0 Å².